The molecular weight excluding hydrogens is 269 g/mol. The van der Waals surface area contributed by atoms with Gasteiger partial charge in [0.2, 0.25) is 5.91 Å². The summed E-state index contributed by atoms with van der Waals surface area (Å²) in [6, 6.07) is 11.8. The first kappa shape index (κ1) is 15.0. The van der Waals surface area contributed by atoms with Crippen LogP contribution in [0.15, 0.2) is 42.5 Å². The number of carbonyl (C=O) groups excluding carboxylic acids is 1. The average molecular weight is 287 g/mol. The molecule has 0 fully saturated rings. The molecule has 4 heteroatoms. The van der Waals surface area contributed by atoms with Crippen molar-refractivity contribution in [3.63, 3.8) is 0 Å². The Bertz CT molecular complexity index is 640. The Morgan fingerprint density at radius 3 is 2.67 bits per heavy atom. The van der Waals surface area contributed by atoms with Crippen LogP contribution < -0.4 is 10.1 Å². The highest BCUT2D eigenvalue weighted by Gasteiger charge is 2.05. The van der Waals surface area contributed by atoms with E-state index >= 15 is 0 Å². The van der Waals surface area contributed by atoms with E-state index in [1.807, 2.05) is 25.1 Å². The fraction of sp³-hybridized carbons (Fsp3) is 0.235. The second-order valence-corrected chi connectivity index (χ2v) is 4.89. The van der Waals surface area contributed by atoms with Gasteiger partial charge in [0.05, 0.1) is 13.5 Å². The SMILES string of the molecule is COc1ccc(CNC(=O)Cc2cccc(F)c2)cc1C. The Balaban J connectivity index is 1.90. The molecule has 0 bridgehead atoms. The number of hydrogen-bond donors (Lipinski definition) is 1. The highest BCUT2D eigenvalue weighted by atomic mass is 19.1. The molecule has 0 unspecified atom stereocenters. The molecule has 3 nitrogen and oxygen atoms in total. The van der Waals surface area contributed by atoms with Gasteiger partial charge in [0.15, 0.2) is 0 Å². The molecule has 21 heavy (non-hydrogen) atoms. The Kier molecular flexibility index (Phi) is 4.93. The van der Waals surface area contributed by atoms with E-state index in [2.05, 4.69) is 5.32 Å². The molecule has 0 heterocycles. The van der Waals surface area contributed by atoms with Crippen LogP contribution in [0.4, 0.5) is 4.39 Å². The Morgan fingerprint density at radius 2 is 2.00 bits per heavy atom. The maximum absolute atomic E-state index is 13.0. The zero-order chi connectivity index (χ0) is 15.2. The largest absolute Gasteiger partial charge is 0.496 e. The first-order chi connectivity index (χ1) is 10.1. The summed E-state index contributed by atoms with van der Waals surface area (Å²) in [4.78, 5) is 11.8. The van der Waals surface area contributed by atoms with Gasteiger partial charge < -0.3 is 10.1 Å². The van der Waals surface area contributed by atoms with Crippen molar-refractivity contribution in [2.45, 2.75) is 19.9 Å². The minimum Gasteiger partial charge on any atom is -0.496 e. The summed E-state index contributed by atoms with van der Waals surface area (Å²) < 4.78 is 18.2. The van der Waals surface area contributed by atoms with E-state index < -0.39 is 0 Å². The second kappa shape index (κ2) is 6.88. The zero-order valence-electron chi connectivity index (χ0n) is 12.2. The van der Waals surface area contributed by atoms with Crippen molar-refractivity contribution >= 4 is 5.91 Å². The lowest BCUT2D eigenvalue weighted by atomic mass is 10.1. The molecule has 0 spiro atoms. The third-order valence-electron chi connectivity index (χ3n) is 3.20. The summed E-state index contributed by atoms with van der Waals surface area (Å²) in [7, 11) is 1.63. The number of halogens is 1. The fourth-order valence-corrected chi connectivity index (χ4v) is 2.15. The summed E-state index contributed by atoms with van der Waals surface area (Å²) in [6.45, 7) is 2.40. The average Bonchev–Trinajstić information content (AvgIpc) is 2.45. The Morgan fingerprint density at radius 1 is 1.19 bits per heavy atom. The maximum atomic E-state index is 13.0. The van der Waals surface area contributed by atoms with Crippen LogP contribution in [0.1, 0.15) is 16.7 Å². The minimum atomic E-state index is -0.328. The number of methoxy groups -OCH3 is 1. The molecule has 0 saturated heterocycles. The van der Waals surface area contributed by atoms with Crippen LogP contribution >= 0.6 is 0 Å². The number of hydrogen-bond acceptors (Lipinski definition) is 2. The number of aryl methyl sites for hydroxylation is 1. The molecule has 2 aromatic rings. The molecule has 0 saturated carbocycles. The molecule has 0 atom stereocenters. The van der Waals surface area contributed by atoms with Gasteiger partial charge in [-0.2, -0.15) is 0 Å². The van der Waals surface area contributed by atoms with Crippen molar-refractivity contribution in [2.24, 2.45) is 0 Å². The molecule has 2 rings (SSSR count). The van der Waals surface area contributed by atoms with E-state index in [0.717, 1.165) is 16.9 Å². The van der Waals surface area contributed by atoms with Crippen molar-refractivity contribution in [3.8, 4) is 5.75 Å². The quantitative estimate of drug-likeness (QED) is 0.918. The predicted molar refractivity (Wildman–Crippen MR) is 79.7 cm³/mol. The van der Waals surface area contributed by atoms with E-state index in [1.54, 1.807) is 19.2 Å². The smallest absolute Gasteiger partial charge is 0.224 e. The molecule has 110 valence electrons. The van der Waals surface area contributed by atoms with Crippen molar-refractivity contribution in [3.05, 3.63) is 65.0 Å². The van der Waals surface area contributed by atoms with Gasteiger partial charge in [0, 0.05) is 6.54 Å². The zero-order valence-corrected chi connectivity index (χ0v) is 12.2. The van der Waals surface area contributed by atoms with Crippen molar-refractivity contribution < 1.29 is 13.9 Å². The van der Waals surface area contributed by atoms with Crippen LogP contribution in [0.25, 0.3) is 0 Å². The van der Waals surface area contributed by atoms with E-state index in [0.29, 0.717) is 12.1 Å². The van der Waals surface area contributed by atoms with Crippen LogP contribution in [-0.4, -0.2) is 13.0 Å². The highest BCUT2D eigenvalue weighted by Crippen LogP contribution is 2.18. The van der Waals surface area contributed by atoms with Crippen LogP contribution in [-0.2, 0) is 17.8 Å². The number of amides is 1. The number of rotatable bonds is 5. The molecule has 0 radical (unpaired) electrons. The molecule has 2 aromatic carbocycles. The fourth-order valence-electron chi connectivity index (χ4n) is 2.15. The van der Waals surface area contributed by atoms with Crippen LogP contribution in [0.3, 0.4) is 0 Å². The van der Waals surface area contributed by atoms with Crippen molar-refractivity contribution in [1.82, 2.24) is 5.32 Å². The van der Waals surface area contributed by atoms with Gasteiger partial charge in [-0.3, -0.25) is 4.79 Å². The lowest BCUT2D eigenvalue weighted by molar-refractivity contribution is -0.120. The second-order valence-electron chi connectivity index (χ2n) is 4.89. The molecule has 0 aromatic heterocycles. The van der Waals surface area contributed by atoms with Crippen molar-refractivity contribution in [2.75, 3.05) is 7.11 Å². The summed E-state index contributed by atoms with van der Waals surface area (Å²) in [5.41, 5.74) is 2.69. The number of carbonyl (C=O) groups is 1. The number of nitrogens with one attached hydrogen (secondary N) is 1. The topological polar surface area (TPSA) is 38.3 Å². The van der Waals surface area contributed by atoms with Gasteiger partial charge in [0.1, 0.15) is 11.6 Å². The minimum absolute atomic E-state index is 0.130. The summed E-state index contributed by atoms with van der Waals surface area (Å²) >= 11 is 0. The van der Waals surface area contributed by atoms with Gasteiger partial charge >= 0.3 is 0 Å². The van der Waals surface area contributed by atoms with E-state index in [1.165, 1.54) is 12.1 Å². The van der Waals surface area contributed by atoms with Crippen LogP contribution in [0.5, 0.6) is 5.75 Å². The molecular formula is C17H18FNO2. The molecule has 0 aliphatic rings. The highest BCUT2D eigenvalue weighted by molar-refractivity contribution is 5.78. The summed E-state index contributed by atoms with van der Waals surface area (Å²) in [5, 5.41) is 2.83. The number of ether oxygens (including phenoxy) is 1. The lowest BCUT2D eigenvalue weighted by Crippen LogP contribution is -2.24. The van der Waals surface area contributed by atoms with Crippen molar-refractivity contribution in [1.29, 1.82) is 0 Å². The lowest BCUT2D eigenvalue weighted by Gasteiger charge is -2.09. The van der Waals surface area contributed by atoms with Gasteiger partial charge in [-0.15, -0.1) is 0 Å². The molecule has 1 amide bonds. The van der Waals surface area contributed by atoms with Gasteiger partial charge in [-0.25, -0.2) is 4.39 Å². The predicted octanol–water partition coefficient (Wildman–Crippen LogP) is 3.00. The van der Waals surface area contributed by atoms with E-state index in [-0.39, 0.29) is 18.1 Å². The third-order valence-corrected chi connectivity index (χ3v) is 3.20. The molecule has 1 N–H and O–H groups in total. The van der Waals surface area contributed by atoms with E-state index in [9.17, 15) is 9.18 Å². The van der Waals surface area contributed by atoms with Gasteiger partial charge in [-0.05, 0) is 41.8 Å². The Hall–Kier alpha value is -2.36. The Labute approximate surface area is 123 Å². The molecule has 0 aliphatic heterocycles. The van der Waals surface area contributed by atoms with Crippen LogP contribution in [0.2, 0.25) is 0 Å². The first-order valence-corrected chi connectivity index (χ1v) is 6.73. The van der Waals surface area contributed by atoms with E-state index in [4.69, 9.17) is 4.74 Å². The van der Waals surface area contributed by atoms with Gasteiger partial charge in [0.25, 0.3) is 0 Å². The summed E-state index contributed by atoms with van der Waals surface area (Å²) in [5.74, 6) is 0.366. The normalized spacial score (nSPS) is 10.2. The standard InChI is InChI=1S/C17H18FNO2/c1-12-8-14(6-7-16(12)21-2)11-19-17(20)10-13-4-3-5-15(18)9-13/h3-9H,10-11H2,1-2H3,(H,19,20). The molecule has 0 aliphatic carbocycles. The van der Waals surface area contributed by atoms with Crippen LogP contribution in [0, 0.1) is 12.7 Å². The number of benzene rings is 2. The maximum Gasteiger partial charge on any atom is 0.224 e. The van der Waals surface area contributed by atoms with Gasteiger partial charge in [-0.1, -0.05) is 24.3 Å². The monoisotopic (exact) mass is 287 g/mol. The summed E-state index contributed by atoms with van der Waals surface area (Å²) in [6.07, 6.45) is 0.174. The first-order valence-electron chi connectivity index (χ1n) is 6.73. The third kappa shape index (κ3) is 4.31.